The van der Waals surface area contributed by atoms with Crippen LogP contribution in [0.2, 0.25) is 0 Å². The summed E-state index contributed by atoms with van der Waals surface area (Å²) in [5, 5.41) is 10.2. The van der Waals surface area contributed by atoms with E-state index in [-0.39, 0.29) is 30.1 Å². The molecule has 2 aliphatic rings. The van der Waals surface area contributed by atoms with Gasteiger partial charge in [0.1, 0.15) is 5.60 Å². The van der Waals surface area contributed by atoms with E-state index >= 15 is 0 Å². The summed E-state index contributed by atoms with van der Waals surface area (Å²) in [7, 11) is 0. The van der Waals surface area contributed by atoms with Gasteiger partial charge in [-0.15, -0.1) is 0 Å². The van der Waals surface area contributed by atoms with E-state index < -0.39 is 5.60 Å². The van der Waals surface area contributed by atoms with Crippen LogP contribution in [0.4, 0.5) is 0 Å². The number of hydrogen-bond acceptors (Lipinski definition) is 4. The third-order valence-electron chi connectivity index (χ3n) is 5.25. The molecule has 0 saturated carbocycles. The van der Waals surface area contributed by atoms with Gasteiger partial charge in [-0.1, -0.05) is 52.7 Å². The van der Waals surface area contributed by atoms with Gasteiger partial charge in [0.15, 0.2) is 0 Å². The monoisotopic (exact) mass is 340 g/mol. The van der Waals surface area contributed by atoms with E-state index in [0.717, 1.165) is 32.1 Å². The summed E-state index contributed by atoms with van der Waals surface area (Å²) in [6.45, 7) is 10.6. The van der Waals surface area contributed by atoms with E-state index in [4.69, 9.17) is 14.2 Å². The number of unbranched alkanes of at least 4 members (excludes halogenated alkanes) is 2. The summed E-state index contributed by atoms with van der Waals surface area (Å²) >= 11 is 0. The molecule has 4 heteroatoms. The fourth-order valence-corrected chi connectivity index (χ4v) is 3.83. The highest BCUT2D eigenvalue weighted by Gasteiger charge is 2.56. The van der Waals surface area contributed by atoms with E-state index in [2.05, 4.69) is 39.8 Å². The molecule has 1 N–H and O–H groups in total. The molecule has 1 saturated heterocycles. The highest BCUT2D eigenvalue weighted by Crippen LogP contribution is 2.47. The van der Waals surface area contributed by atoms with Gasteiger partial charge in [0.05, 0.1) is 25.4 Å². The summed E-state index contributed by atoms with van der Waals surface area (Å²) in [6.07, 6.45) is 9.60. The molecular weight excluding hydrogens is 304 g/mol. The summed E-state index contributed by atoms with van der Waals surface area (Å²) < 4.78 is 18.5. The van der Waals surface area contributed by atoms with Gasteiger partial charge in [0.2, 0.25) is 0 Å². The Bertz CT molecular complexity index is 406. The van der Waals surface area contributed by atoms with E-state index in [1.165, 1.54) is 0 Å². The number of aliphatic hydroxyl groups is 1. The van der Waals surface area contributed by atoms with Crippen molar-refractivity contribution in [2.24, 2.45) is 11.3 Å². The molecule has 0 aromatic rings. The van der Waals surface area contributed by atoms with Gasteiger partial charge < -0.3 is 19.3 Å². The Labute approximate surface area is 147 Å². The Kier molecular flexibility index (Phi) is 7.29. The molecule has 0 aromatic carbocycles. The number of rotatable bonds is 10. The lowest BCUT2D eigenvalue weighted by Crippen LogP contribution is -2.50. The Morgan fingerprint density at radius 3 is 2.54 bits per heavy atom. The first-order chi connectivity index (χ1) is 11.5. The van der Waals surface area contributed by atoms with Crippen LogP contribution < -0.4 is 0 Å². The topological polar surface area (TPSA) is 47.9 Å². The van der Waals surface area contributed by atoms with Crippen molar-refractivity contribution < 1.29 is 19.3 Å². The lowest BCUT2D eigenvalue weighted by atomic mass is 9.73. The zero-order valence-electron chi connectivity index (χ0n) is 15.9. The average Bonchev–Trinajstić information content (AvgIpc) is 2.85. The lowest BCUT2D eigenvalue weighted by molar-refractivity contribution is -0.156. The molecule has 4 atom stereocenters. The minimum absolute atomic E-state index is 0.0200. The molecule has 1 aliphatic heterocycles. The van der Waals surface area contributed by atoms with Crippen molar-refractivity contribution in [2.45, 2.75) is 77.6 Å². The highest BCUT2D eigenvalue weighted by atomic mass is 16.6. The molecule has 1 heterocycles. The molecule has 0 radical (unpaired) electrons. The van der Waals surface area contributed by atoms with Crippen molar-refractivity contribution in [3.8, 4) is 0 Å². The predicted octanol–water partition coefficient (Wildman–Crippen LogP) is 3.72. The summed E-state index contributed by atoms with van der Waals surface area (Å²) in [5.41, 5.74) is -0.590. The molecular formula is C20H36O4. The second kappa shape index (κ2) is 8.79. The molecule has 24 heavy (non-hydrogen) atoms. The number of allylic oxidation sites excluding steroid dienone is 1. The second-order valence-electron chi connectivity index (χ2n) is 8.07. The molecule has 2 unspecified atom stereocenters. The number of aliphatic hydroxyl groups excluding tert-OH is 1. The molecule has 1 fully saturated rings. The van der Waals surface area contributed by atoms with Crippen LogP contribution in [0.5, 0.6) is 0 Å². The van der Waals surface area contributed by atoms with Crippen molar-refractivity contribution in [1.29, 1.82) is 0 Å². The van der Waals surface area contributed by atoms with Crippen molar-refractivity contribution in [2.75, 3.05) is 26.4 Å². The second-order valence-corrected chi connectivity index (χ2v) is 8.07. The van der Waals surface area contributed by atoms with Crippen LogP contribution in [0, 0.1) is 11.3 Å². The molecule has 140 valence electrons. The quantitative estimate of drug-likeness (QED) is 0.486. The van der Waals surface area contributed by atoms with Gasteiger partial charge in [-0.3, -0.25) is 0 Å². The fourth-order valence-electron chi connectivity index (χ4n) is 3.83. The van der Waals surface area contributed by atoms with Crippen molar-refractivity contribution >= 4 is 0 Å². The van der Waals surface area contributed by atoms with E-state index in [0.29, 0.717) is 19.8 Å². The first kappa shape index (κ1) is 19.9. The van der Waals surface area contributed by atoms with Crippen LogP contribution in [-0.4, -0.2) is 49.3 Å². The van der Waals surface area contributed by atoms with E-state index in [1.807, 2.05) is 0 Å². The zero-order valence-corrected chi connectivity index (χ0v) is 15.9. The van der Waals surface area contributed by atoms with Crippen molar-refractivity contribution in [3.63, 3.8) is 0 Å². The minimum atomic E-state index is -0.735. The minimum Gasteiger partial charge on any atom is -0.393 e. The summed E-state index contributed by atoms with van der Waals surface area (Å²) in [6, 6.07) is 0. The van der Waals surface area contributed by atoms with Gasteiger partial charge in [-0.25, -0.2) is 0 Å². The maximum atomic E-state index is 10.2. The highest BCUT2D eigenvalue weighted by molar-refractivity contribution is 5.16. The molecule has 0 amide bonds. The SMILES string of the molecule is CCCCOC[C@@]1(CO)O[C@@H]2C=CC(C)(C)CC2C1OCCCC. The van der Waals surface area contributed by atoms with Crippen LogP contribution in [0.3, 0.4) is 0 Å². The van der Waals surface area contributed by atoms with Crippen LogP contribution in [0.15, 0.2) is 12.2 Å². The van der Waals surface area contributed by atoms with Crippen LogP contribution in [0.25, 0.3) is 0 Å². The van der Waals surface area contributed by atoms with Crippen molar-refractivity contribution in [1.82, 2.24) is 0 Å². The summed E-state index contributed by atoms with van der Waals surface area (Å²) in [4.78, 5) is 0. The zero-order chi connectivity index (χ0) is 17.6. The molecule has 0 spiro atoms. The Hall–Kier alpha value is -0.420. The van der Waals surface area contributed by atoms with Crippen LogP contribution >= 0.6 is 0 Å². The van der Waals surface area contributed by atoms with Gasteiger partial charge in [0.25, 0.3) is 0 Å². The van der Waals surface area contributed by atoms with E-state index in [1.54, 1.807) is 0 Å². The van der Waals surface area contributed by atoms with Crippen molar-refractivity contribution in [3.05, 3.63) is 12.2 Å². The normalized spacial score (nSPS) is 34.5. The first-order valence-corrected chi connectivity index (χ1v) is 9.65. The lowest BCUT2D eigenvalue weighted by Gasteiger charge is -2.36. The van der Waals surface area contributed by atoms with E-state index in [9.17, 15) is 5.11 Å². The van der Waals surface area contributed by atoms with Crippen LogP contribution in [0.1, 0.15) is 59.8 Å². The predicted molar refractivity (Wildman–Crippen MR) is 96.1 cm³/mol. The largest absolute Gasteiger partial charge is 0.393 e. The van der Waals surface area contributed by atoms with Gasteiger partial charge in [-0.05, 0) is 24.7 Å². The molecule has 0 bridgehead atoms. The van der Waals surface area contributed by atoms with Crippen LogP contribution in [-0.2, 0) is 14.2 Å². The molecule has 4 nitrogen and oxygen atoms in total. The molecule has 1 aliphatic carbocycles. The standard InChI is InChI=1S/C20H36O4/c1-5-7-11-22-15-20(14-21)18(23-12-8-6-2)16-13-19(3,4)10-9-17(16)24-20/h9-10,16-18,21H,5-8,11-15H2,1-4H3/t16?,17-,18?,20-/m1/s1. The summed E-state index contributed by atoms with van der Waals surface area (Å²) in [5.74, 6) is 0.281. The van der Waals surface area contributed by atoms with Gasteiger partial charge in [-0.2, -0.15) is 0 Å². The third kappa shape index (κ3) is 4.60. The molecule has 0 aromatic heterocycles. The van der Waals surface area contributed by atoms with Gasteiger partial charge in [0, 0.05) is 19.1 Å². The Balaban J connectivity index is 2.12. The first-order valence-electron chi connectivity index (χ1n) is 9.65. The Morgan fingerprint density at radius 2 is 1.88 bits per heavy atom. The fraction of sp³-hybridized carbons (Fsp3) is 0.900. The number of hydrogen-bond donors (Lipinski definition) is 1. The van der Waals surface area contributed by atoms with Gasteiger partial charge >= 0.3 is 0 Å². The number of ether oxygens (including phenoxy) is 3. The third-order valence-corrected chi connectivity index (χ3v) is 5.25. The Morgan fingerprint density at radius 1 is 1.17 bits per heavy atom. The maximum Gasteiger partial charge on any atom is 0.141 e. The number of fused-ring (bicyclic) bond motifs is 1. The molecule has 2 rings (SSSR count). The maximum absolute atomic E-state index is 10.2. The average molecular weight is 341 g/mol. The smallest absolute Gasteiger partial charge is 0.141 e.